The van der Waals surface area contributed by atoms with Crippen molar-refractivity contribution in [2.24, 2.45) is 0 Å². The zero-order chi connectivity index (χ0) is 13.7. The van der Waals surface area contributed by atoms with Crippen LogP contribution in [0.3, 0.4) is 0 Å². The third-order valence-corrected chi connectivity index (χ3v) is 3.90. The van der Waals surface area contributed by atoms with E-state index in [1.54, 1.807) is 4.68 Å². The van der Waals surface area contributed by atoms with Crippen molar-refractivity contribution < 1.29 is 13.2 Å². The Bertz CT molecular complexity index is 389. The van der Waals surface area contributed by atoms with Gasteiger partial charge < -0.3 is 5.32 Å². The van der Waals surface area contributed by atoms with Crippen LogP contribution in [0.4, 0.5) is 13.2 Å². The van der Waals surface area contributed by atoms with Gasteiger partial charge in [0.25, 0.3) is 0 Å². The molecule has 0 radical (unpaired) electrons. The third kappa shape index (κ3) is 4.64. The van der Waals surface area contributed by atoms with Gasteiger partial charge in [0.2, 0.25) is 5.16 Å². The molecule has 0 spiro atoms. The van der Waals surface area contributed by atoms with Gasteiger partial charge >= 0.3 is 6.18 Å². The van der Waals surface area contributed by atoms with Gasteiger partial charge in [0, 0.05) is 12.3 Å². The Kier molecular flexibility index (Phi) is 5.03. The molecule has 5 nitrogen and oxygen atoms in total. The Morgan fingerprint density at radius 1 is 1.32 bits per heavy atom. The number of hydrogen-bond acceptors (Lipinski definition) is 5. The molecule has 0 aliphatic heterocycles. The summed E-state index contributed by atoms with van der Waals surface area (Å²) in [7, 11) is 0. The minimum absolute atomic E-state index is 0.279. The molecule has 1 saturated carbocycles. The van der Waals surface area contributed by atoms with Gasteiger partial charge in [0.15, 0.2) is 0 Å². The summed E-state index contributed by atoms with van der Waals surface area (Å²) in [6.45, 7) is -0.678. The van der Waals surface area contributed by atoms with Crippen LogP contribution in [0.1, 0.15) is 31.7 Å². The van der Waals surface area contributed by atoms with Crippen molar-refractivity contribution in [3.8, 4) is 0 Å². The lowest BCUT2D eigenvalue weighted by atomic mass is 10.3. The van der Waals surface area contributed by atoms with Gasteiger partial charge in [-0.25, -0.2) is 4.68 Å². The summed E-state index contributed by atoms with van der Waals surface area (Å²) in [6, 6.07) is 0.348. The van der Waals surface area contributed by atoms with Crippen LogP contribution in [0.2, 0.25) is 0 Å². The predicted octanol–water partition coefficient (Wildman–Crippen LogP) is 2.03. The molecule has 0 saturated heterocycles. The smallest absolute Gasteiger partial charge is 0.308 e. The van der Waals surface area contributed by atoms with E-state index in [0.29, 0.717) is 17.0 Å². The number of aromatic nitrogens is 4. The number of nitrogens with zero attached hydrogens (tertiary/aromatic N) is 4. The topological polar surface area (TPSA) is 55.6 Å². The van der Waals surface area contributed by atoms with Crippen molar-refractivity contribution in [1.29, 1.82) is 0 Å². The van der Waals surface area contributed by atoms with Gasteiger partial charge in [-0.05, 0) is 23.3 Å². The Hall–Kier alpha value is -0.830. The lowest BCUT2D eigenvalue weighted by molar-refractivity contribution is -0.124. The van der Waals surface area contributed by atoms with E-state index in [9.17, 15) is 13.2 Å². The molecule has 1 aromatic rings. The monoisotopic (exact) mass is 295 g/mol. The van der Waals surface area contributed by atoms with Crippen molar-refractivity contribution in [2.75, 3.05) is 18.8 Å². The van der Waals surface area contributed by atoms with Gasteiger partial charge in [0.05, 0.1) is 12.6 Å². The number of alkyl halides is 3. The van der Waals surface area contributed by atoms with Gasteiger partial charge in [-0.15, -0.1) is 5.10 Å². The Labute approximate surface area is 113 Å². The predicted molar refractivity (Wildman–Crippen MR) is 65.0 cm³/mol. The molecule has 1 aromatic heterocycles. The van der Waals surface area contributed by atoms with Crippen LogP contribution in [0.25, 0.3) is 0 Å². The van der Waals surface area contributed by atoms with E-state index < -0.39 is 12.7 Å². The summed E-state index contributed by atoms with van der Waals surface area (Å²) in [4.78, 5) is 0. The first-order chi connectivity index (χ1) is 9.06. The van der Waals surface area contributed by atoms with Crippen LogP contribution in [0, 0.1) is 0 Å². The zero-order valence-corrected chi connectivity index (χ0v) is 11.2. The third-order valence-electron chi connectivity index (χ3n) is 2.97. The Morgan fingerprint density at radius 3 is 2.74 bits per heavy atom. The number of nitrogens with one attached hydrogen (secondary N) is 1. The van der Waals surface area contributed by atoms with E-state index in [1.165, 1.54) is 24.6 Å². The fourth-order valence-corrected chi connectivity index (χ4v) is 2.94. The molecule has 2 rings (SSSR count). The Morgan fingerprint density at radius 2 is 2.05 bits per heavy atom. The molecule has 0 atom stereocenters. The molecule has 1 N–H and O–H groups in total. The molecule has 0 bridgehead atoms. The highest BCUT2D eigenvalue weighted by atomic mass is 32.2. The molecule has 1 heterocycles. The van der Waals surface area contributed by atoms with Gasteiger partial charge in [-0.3, -0.25) is 0 Å². The first-order valence-corrected chi connectivity index (χ1v) is 7.23. The molecule has 9 heteroatoms. The van der Waals surface area contributed by atoms with Crippen molar-refractivity contribution in [3.05, 3.63) is 0 Å². The van der Waals surface area contributed by atoms with Crippen LogP contribution in [0.15, 0.2) is 5.16 Å². The number of halogens is 3. The average Bonchev–Trinajstić information content (AvgIpc) is 2.96. The van der Waals surface area contributed by atoms with Crippen LogP contribution in [-0.2, 0) is 0 Å². The lowest BCUT2D eigenvalue weighted by Crippen LogP contribution is -2.30. The standard InChI is InChI=1S/C10H16F3N5S/c11-10(12,13)7-14-5-6-19-9-15-16-17-18(9)8-3-1-2-4-8/h8,14H,1-7H2. The van der Waals surface area contributed by atoms with E-state index in [-0.39, 0.29) is 6.54 Å². The highest BCUT2D eigenvalue weighted by Gasteiger charge is 2.26. The summed E-state index contributed by atoms with van der Waals surface area (Å²) in [5.74, 6) is 0.517. The molecule has 1 fully saturated rings. The number of tetrazole rings is 1. The maximum Gasteiger partial charge on any atom is 0.401 e. The molecule has 0 aromatic carbocycles. The molecule has 19 heavy (non-hydrogen) atoms. The second kappa shape index (κ2) is 6.56. The van der Waals surface area contributed by atoms with E-state index in [0.717, 1.165) is 12.8 Å². The van der Waals surface area contributed by atoms with Crippen molar-refractivity contribution in [2.45, 2.75) is 43.1 Å². The van der Waals surface area contributed by atoms with Crippen molar-refractivity contribution in [3.63, 3.8) is 0 Å². The molecule has 1 aliphatic carbocycles. The van der Waals surface area contributed by atoms with Gasteiger partial charge in [-0.2, -0.15) is 13.2 Å². The van der Waals surface area contributed by atoms with E-state index in [2.05, 4.69) is 20.8 Å². The van der Waals surface area contributed by atoms with Crippen molar-refractivity contribution >= 4 is 11.8 Å². The molecule has 0 unspecified atom stereocenters. The average molecular weight is 295 g/mol. The van der Waals surface area contributed by atoms with E-state index in [1.807, 2.05) is 0 Å². The summed E-state index contributed by atoms with van der Waals surface area (Å²) in [6.07, 6.45) is 0.357. The minimum Gasteiger partial charge on any atom is -0.308 e. The SMILES string of the molecule is FC(F)(F)CNCCSc1nnnn1C1CCCC1. The fourth-order valence-electron chi connectivity index (χ4n) is 2.10. The largest absolute Gasteiger partial charge is 0.401 e. The number of rotatable bonds is 6. The molecule has 108 valence electrons. The maximum absolute atomic E-state index is 11.9. The van der Waals surface area contributed by atoms with Crippen LogP contribution in [-0.4, -0.2) is 45.2 Å². The maximum atomic E-state index is 11.9. The van der Waals surface area contributed by atoms with Crippen molar-refractivity contribution in [1.82, 2.24) is 25.5 Å². The normalized spacial score (nSPS) is 17.2. The number of hydrogen-bond donors (Lipinski definition) is 1. The first kappa shape index (κ1) is 14.6. The highest BCUT2D eigenvalue weighted by Crippen LogP contribution is 2.31. The highest BCUT2D eigenvalue weighted by molar-refractivity contribution is 7.99. The molecule has 1 aliphatic rings. The second-order valence-corrected chi connectivity index (χ2v) is 5.55. The zero-order valence-electron chi connectivity index (χ0n) is 10.4. The lowest BCUT2D eigenvalue weighted by Gasteiger charge is -2.11. The van der Waals surface area contributed by atoms with Gasteiger partial charge in [-0.1, -0.05) is 24.6 Å². The summed E-state index contributed by atoms with van der Waals surface area (Å²) in [5.41, 5.74) is 0. The fraction of sp³-hybridized carbons (Fsp3) is 0.900. The summed E-state index contributed by atoms with van der Waals surface area (Å²) >= 11 is 1.39. The van der Waals surface area contributed by atoms with E-state index in [4.69, 9.17) is 0 Å². The first-order valence-electron chi connectivity index (χ1n) is 6.24. The number of thioether (sulfide) groups is 1. The van der Waals surface area contributed by atoms with Gasteiger partial charge in [0.1, 0.15) is 0 Å². The molecular formula is C10H16F3N5S. The van der Waals surface area contributed by atoms with Crippen LogP contribution < -0.4 is 5.32 Å². The summed E-state index contributed by atoms with van der Waals surface area (Å²) in [5, 5.41) is 14.6. The molecule has 0 amide bonds. The summed E-state index contributed by atoms with van der Waals surface area (Å²) < 4.78 is 37.6. The van der Waals surface area contributed by atoms with Crippen LogP contribution >= 0.6 is 11.8 Å². The van der Waals surface area contributed by atoms with E-state index >= 15 is 0 Å². The van der Waals surface area contributed by atoms with Crippen LogP contribution in [0.5, 0.6) is 0 Å². The minimum atomic E-state index is -4.16. The Balaban J connectivity index is 1.73. The second-order valence-electron chi connectivity index (χ2n) is 4.48. The molecular weight excluding hydrogens is 279 g/mol. The quantitative estimate of drug-likeness (QED) is 0.643.